The zero-order chi connectivity index (χ0) is 14.8. The average molecular weight is 405 g/mol. The lowest BCUT2D eigenvalue weighted by Gasteiger charge is -2.13. The fraction of sp³-hybridized carbons (Fsp3) is 0.562. The van der Waals surface area contributed by atoms with E-state index in [1.54, 1.807) is 0 Å². The number of aliphatic imine (C=N–C) groups is 1. The van der Waals surface area contributed by atoms with Crippen molar-refractivity contribution in [1.29, 1.82) is 0 Å². The normalized spacial score (nSPS) is 12.6. The number of benzene rings is 1. The summed E-state index contributed by atoms with van der Waals surface area (Å²) in [5, 5.41) is 12.1. The lowest BCUT2D eigenvalue weighted by Crippen LogP contribution is -2.24. The molecule has 0 amide bonds. The molecule has 4 N–H and O–H groups in total. The van der Waals surface area contributed by atoms with Gasteiger partial charge in [0.25, 0.3) is 0 Å². The molecule has 0 saturated heterocycles. The van der Waals surface area contributed by atoms with Crippen LogP contribution in [0.15, 0.2) is 29.3 Å². The van der Waals surface area contributed by atoms with Gasteiger partial charge in [-0.15, -0.1) is 24.0 Å². The van der Waals surface area contributed by atoms with E-state index in [-0.39, 0.29) is 30.6 Å². The number of anilines is 1. The first-order chi connectivity index (χ1) is 9.69. The molecule has 0 spiro atoms. The van der Waals surface area contributed by atoms with Crippen molar-refractivity contribution >= 4 is 35.6 Å². The molecule has 0 aliphatic carbocycles. The maximum Gasteiger partial charge on any atom is 0.193 e. The van der Waals surface area contributed by atoms with Gasteiger partial charge in [0.1, 0.15) is 0 Å². The van der Waals surface area contributed by atoms with Crippen LogP contribution in [0.3, 0.4) is 0 Å². The van der Waals surface area contributed by atoms with Crippen LogP contribution < -0.4 is 11.1 Å². The van der Waals surface area contributed by atoms with Crippen LogP contribution in [0.4, 0.5) is 5.69 Å². The van der Waals surface area contributed by atoms with E-state index in [0.29, 0.717) is 18.4 Å². The average Bonchev–Trinajstić information content (AvgIpc) is 2.46. The molecule has 0 saturated carbocycles. The van der Waals surface area contributed by atoms with Gasteiger partial charge in [-0.05, 0) is 42.9 Å². The Bertz CT molecular complexity index is 400. The van der Waals surface area contributed by atoms with Crippen molar-refractivity contribution in [2.24, 2.45) is 16.6 Å². The number of aliphatic hydroxyl groups excluding tert-OH is 1. The van der Waals surface area contributed by atoms with Crippen molar-refractivity contribution in [3.05, 3.63) is 29.8 Å². The van der Waals surface area contributed by atoms with E-state index in [0.717, 1.165) is 31.4 Å². The zero-order valence-electron chi connectivity index (χ0n) is 13.0. The summed E-state index contributed by atoms with van der Waals surface area (Å²) < 4.78 is 0. The SMILES string of the molecule is CCCC(CCO)CN=C(N)Nc1ccc(CC)cc1.I. The van der Waals surface area contributed by atoms with Crippen LogP contribution in [-0.4, -0.2) is 24.2 Å². The molecule has 0 bridgehead atoms. The number of hydrogen-bond donors (Lipinski definition) is 3. The van der Waals surface area contributed by atoms with Crippen molar-refractivity contribution in [1.82, 2.24) is 0 Å². The summed E-state index contributed by atoms with van der Waals surface area (Å²) in [6, 6.07) is 8.19. The largest absolute Gasteiger partial charge is 0.396 e. The van der Waals surface area contributed by atoms with Crippen molar-refractivity contribution in [2.45, 2.75) is 39.5 Å². The first-order valence-electron chi connectivity index (χ1n) is 7.46. The van der Waals surface area contributed by atoms with E-state index in [1.165, 1.54) is 5.56 Å². The van der Waals surface area contributed by atoms with Crippen LogP contribution in [0.2, 0.25) is 0 Å². The molecule has 1 atom stereocenters. The molecule has 120 valence electrons. The molecule has 0 fully saturated rings. The van der Waals surface area contributed by atoms with Gasteiger partial charge < -0.3 is 16.2 Å². The van der Waals surface area contributed by atoms with Crippen LogP contribution >= 0.6 is 24.0 Å². The minimum Gasteiger partial charge on any atom is -0.396 e. The lowest BCUT2D eigenvalue weighted by molar-refractivity contribution is 0.253. The molecule has 4 nitrogen and oxygen atoms in total. The smallest absolute Gasteiger partial charge is 0.193 e. The Morgan fingerprint density at radius 2 is 1.90 bits per heavy atom. The Labute approximate surface area is 145 Å². The van der Waals surface area contributed by atoms with Crippen LogP contribution in [0.1, 0.15) is 38.7 Å². The van der Waals surface area contributed by atoms with Crippen LogP contribution in [0.5, 0.6) is 0 Å². The van der Waals surface area contributed by atoms with Gasteiger partial charge in [0, 0.05) is 18.8 Å². The maximum absolute atomic E-state index is 9.02. The summed E-state index contributed by atoms with van der Waals surface area (Å²) in [7, 11) is 0. The Morgan fingerprint density at radius 1 is 1.24 bits per heavy atom. The highest BCUT2D eigenvalue weighted by molar-refractivity contribution is 14.0. The van der Waals surface area contributed by atoms with Crippen molar-refractivity contribution in [3.63, 3.8) is 0 Å². The monoisotopic (exact) mass is 405 g/mol. The number of aryl methyl sites for hydroxylation is 1. The lowest BCUT2D eigenvalue weighted by atomic mass is 10.0. The fourth-order valence-electron chi connectivity index (χ4n) is 2.16. The second-order valence-electron chi connectivity index (χ2n) is 5.07. The molecule has 1 unspecified atom stereocenters. The predicted molar refractivity (Wildman–Crippen MR) is 101 cm³/mol. The minimum absolute atomic E-state index is 0. The number of nitrogens with one attached hydrogen (secondary N) is 1. The molecule has 0 radical (unpaired) electrons. The van der Waals surface area contributed by atoms with Crippen molar-refractivity contribution in [3.8, 4) is 0 Å². The summed E-state index contributed by atoms with van der Waals surface area (Å²) in [6.07, 6.45) is 3.99. The Balaban J connectivity index is 0.00000400. The van der Waals surface area contributed by atoms with Gasteiger partial charge in [0.15, 0.2) is 5.96 Å². The predicted octanol–water partition coefficient (Wildman–Crippen LogP) is 3.39. The molecular weight excluding hydrogens is 377 g/mol. The third-order valence-electron chi connectivity index (χ3n) is 3.39. The summed E-state index contributed by atoms with van der Waals surface area (Å²) in [6.45, 7) is 5.16. The molecular formula is C16H28IN3O. The van der Waals surface area contributed by atoms with Gasteiger partial charge >= 0.3 is 0 Å². The molecule has 1 rings (SSSR count). The van der Waals surface area contributed by atoms with Crippen LogP contribution in [-0.2, 0) is 6.42 Å². The number of aliphatic hydroxyl groups is 1. The van der Waals surface area contributed by atoms with E-state index in [4.69, 9.17) is 10.8 Å². The topological polar surface area (TPSA) is 70.6 Å². The number of guanidine groups is 1. The van der Waals surface area contributed by atoms with E-state index in [9.17, 15) is 0 Å². The first kappa shape index (κ1) is 20.2. The summed E-state index contributed by atoms with van der Waals surface area (Å²) in [5.41, 5.74) is 8.15. The summed E-state index contributed by atoms with van der Waals surface area (Å²) >= 11 is 0. The quantitative estimate of drug-likeness (QED) is 0.353. The van der Waals surface area contributed by atoms with Gasteiger partial charge in [0.05, 0.1) is 0 Å². The molecule has 0 aromatic heterocycles. The highest BCUT2D eigenvalue weighted by Gasteiger charge is 2.06. The maximum atomic E-state index is 9.02. The molecule has 0 aliphatic rings. The second-order valence-corrected chi connectivity index (χ2v) is 5.07. The van der Waals surface area contributed by atoms with Gasteiger partial charge in [-0.2, -0.15) is 0 Å². The zero-order valence-corrected chi connectivity index (χ0v) is 15.3. The van der Waals surface area contributed by atoms with Gasteiger partial charge in [-0.25, -0.2) is 0 Å². The van der Waals surface area contributed by atoms with Gasteiger partial charge in [0.2, 0.25) is 0 Å². The van der Waals surface area contributed by atoms with Gasteiger partial charge in [-0.1, -0.05) is 32.4 Å². The van der Waals surface area contributed by atoms with Crippen molar-refractivity contribution in [2.75, 3.05) is 18.5 Å². The van der Waals surface area contributed by atoms with E-state index >= 15 is 0 Å². The number of nitrogens with two attached hydrogens (primary N) is 1. The summed E-state index contributed by atoms with van der Waals surface area (Å²) in [4.78, 5) is 4.37. The first-order valence-corrected chi connectivity index (χ1v) is 7.46. The molecule has 5 heteroatoms. The Morgan fingerprint density at radius 3 is 2.43 bits per heavy atom. The van der Waals surface area contributed by atoms with Gasteiger partial charge in [-0.3, -0.25) is 4.99 Å². The molecule has 1 aromatic rings. The minimum atomic E-state index is 0. The second kappa shape index (κ2) is 11.8. The van der Waals surface area contributed by atoms with E-state index in [1.807, 2.05) is 12.1 Å². The Kier molecular flexibility index (Phi) is 11.3. The highest BCUT2D eigenvalue weighted by Crippen LogP contribution is 2.12. The molecule has 1 aromatic carbocycles. The van der Waals surface area contributed by atoms with E-state index in [2.05, 4.69) is 36.3 Å². The number of hydrogen-bond acceptors (Lipinski definition) is 2. The number of rotatable bonds is 8. The van der Waals surface area contributed by atoms with E-state index < -0.39 is 0 Å². The summed E-state index contributed by atoms with van der Waals surface area (Å²) in [5.74, 6) is 0.848. The standard InChI is InChI=1S/C16H27N3O.HI/c1-3-5-14(10-11-20)12-18-16(17)19-15-8-6-13(4-2)7-9-15;/h6-9,14,20H,3-5,10-12H2,1-2H3,(H3,17,18,19);1H. The number of nitrogens with zero attached hydrogens (tertiary/aromatic N) is 1. The third kappa shape index (κ3) is 8.26. The molecule has 0 heterocycles. The molecule has 21 heavy (non-hydrogen) atoms. The fourth-order valence-corrected chi connectivity index (χ4v) is 2.16. The van der Waals surface area contributed by atoms with Crippen LogP contribution in [0, 0.1) is 5.92 Å². The van der Waals surface area contributed by atoms with Crippen molar-refractivity contribution < 1.29 is 5.11 Å². The van der Waals surface area contributed by atoms with Crippen LogP contribution in [0.25, 0.3) is 0 Å². The Hall–Kier alpha value is -0.820. The highest BCUT2D eigenvalue weighted by atomic mass is 127. The number of halogens is 1. The third-order valence-corrected chi connectivity index (χ3v) is 3.39. The molecule has 0 aliphatic heterocycles.